The molecule has 8 heteroatoms. The molecular formula is C20H31N3O4S. The number of rotatable bonds is 8. The maximum atomic E-state index is 12.2. The molecule has 1 aromatic heterocycles. The minimum atomic E-state index is -3.62. The monoisotopic (exact) mass is 409 g/mol. The predicted octanol–water partition coefficient (Wildman–Crippen LogP) is 2.52. The highest BCUT2D eigenvalue weighted by Crippen LogP contribution is 2.24. The van der Waals surface area contributed by atoms with Crippen LogP contribution in [0.25, 0.3) is 0 Å². The van der Waals surface area contributed by atoms with E-state index >= 15 is 0 Å². The molecule has 2 saturated carbocycles. The van der Waals surface area contributed by atoms with Crippen LogP contribution in [0.5, 0.6) is 5.88 Å². The van der Waals surface area contributed by atoms with Gasteiger partial charge in [0.25, 0.3) is 0 Å². The zero-order chi connectivity index (χ0) is 20.0. The lowest BCUT2D eigenvalue weighted by molar-refractivity contribution is -0.118. The molecule has 0 aromatic carbocycles. The van der Waals surface area contributed by atoms with Gasteiger partial charge in [0, 0.05) is 24.8 Å². The summed E-state index contributed by atoms with van der Waals surface area (Å²) in [5.41, 5.74) is 0.804. The summed E-state index contributed by atoms with van der Waals surface area (Å²) < 4.78 is 32.9. The highest BCUT2D eigenvalue weighted by molar-refractivity contribution is 7.90. The zero-order valence-electron chi connectivity index (χ0n) is 16.5. The Hall–Kier alpha value is -1.67. The van der Waals surface area contributed by atoms with Crippen molar-refractivity contribution < 1.29 is 17.9 Å². The molecule has 1 aromatic rings. The summed E-state index contributed by atoms with van der Waals surface area (Å²) in [5, 5.41) is 2.65. The van der Waals surface area contributed by atoms with Crippen LogP contribution in [-0.2, 0) is 21.4 Å². The summed E-state index contributed by atoms with van der Waals surface area (Å²) in [5.74, 6) is 0.182. The Kier molecular flexibility index (Phi) is 7.29. The summed E-state index contributed by atoms with van der Waals surface area (Å²) in [4.78, 5) is 16.3. The molecule has 0 atom stereocenters. The smallest absolute Gasteiger partial charge is 0.236 e. The van der Waals surface area contributed by atoms with Crippen molar-refractivity contribution in [3.63, 3.8) is 0 Å². The molecule has 3 rings (SSSR count). The van der Waals surface area contributed by atoms with Crippen LogP contribution in [0, 0.1) is 5.92 Å². The molecule has 1 amide bonds. The molecule has 7 nitrogen and oxygen atoms in total. The van der Waals surface area contributed by atoms with Crippen molar-refractivity contribution in [2.45, 2.75) is 77.0 Å². The van der Waals surface area contributed by atoms with Crippen molar-refractivity contribution in [3.05, 3.63) is 23.9 Å². The third kappa shape index (κ3) is 6.74. The van der Waals surface area contributed by atoms with E-state index in [1.807, 2.05) is 6.07 Å². The number of sulfonamides is 1. The van der Waals surface area contributed by atoms with Crippen LogP contribution in [0.1, 0.15) is 63.9 Å². The van der Waals surface area contributed by atoms with Gasteiger partial charge in [0.05, 0.1) is 0 Å². The SMILES string of the molecule is CC1CCC(NS(=O)(=O)CC(=O)NCc2ccc(OC3CCCC3)nc2)CC1. The molecule has 0 radical (unpaired) electrons. The van der Waals surface area contributed by atoms with Crippen LogP contribution in [0.15, 0.2) is 18.3 Å². The van der Waals surface area contributed by atoms with E-state index < -0.39 is 21.7 Å². The quantitative estimate of drug-likeness (QED) is 0.688. The summed E-state index contributed by atoms with van der Waals surface area (Å²) in [7, 11) is -3.62. The fourth-order valence-corrected chi connectivity index (χ4v) is 5.13. The van der Waals surface area contributed by atoms with Gasteiger partial charge < -0.3 is 10.1 Å². The minimum Gasteiger partial charge on any atom is -0.474 e. The third-order valence-corrected chi connectivity index (χ3v) is 6.89. The van der Waals surface area contributed by atoms with Crippen molar-refractivity contribution in [1.29, 1.82) is 0 Å². The maximum absolute atomic E-state index is 12.2. The van der Waals surface area contributed by atoms with Crippen molar-refractivity contribution in [2.24, 2.45) is 5.92 Å². The Morgan fingerprint density at radius 1 is 1.14 bits per heavy atom. The third-order valence-electron chi connectivity index (χ3n) is 5.56. The summed E-state index contributed by atoms with van der Waals surface area (Å²) >= 11 is 0. The van der Waals surface area contributed by atoms with Crippen LogP contribution in [0.3, 0.4) is 0 Å². The topological polar surface area (TPSA) is 97.4 Å². The highest BCUT2D eigenvalue weighted by atomic mass is 32.2. The van der Waals surface area contributed by atoms with Crippen molar-refractivity contribution in [3.8, 4) is 5.88 Å². The minimum absolute atomic E-state index is 0.0504. The molecule has 0 spiro atoms. The molecule has 2 N–H and O–H groups in total. The van der Waals surface area contributed by atoms with Gasteiger partial charge in [-0.25, -0.2) is 18.1 Å². The molecule has 0 saturated heterocycles. The van der Waals surface area contributed by atoms with Gasteiger partial charge in [-0.3, -0.25) is 4.79 Å². The number of carbonyl (C=O) groups excluding carboxylic acids is 1. The van der Waals surface area contributed by atoms with E-state index in [1.165, 1.54) is 12.8 Å². The fraction of sp³-hybridized carbons (Fsp3) is 0.700. The number of nitrogens with one attached hydrogen (secondary N) is 2. The number of carbonyl (C=O) groups is 1. The van der Waals surface area contributed by atoms with Gasteiger partial charge >= 0.3 is 0 Å². The van der Waals surface area contributed by atoms with Crippen LogP contribution in [0.4, 0.5) is 0 Å². The Labute approximate surface area is 167 Å². The van der Waals surface area contributed by atoms with Crippen LogP contribution < -0.4 is 14.8 Å². The van der Waals surface area contributed by atoms with E-state index in [0.717, 1.165) is 44.1 Å². The van der Waals surface area contributed by atoms with Gasteiger partial charge in [0.15, 0.2) is 0 Å². The van der Waals surface area contributed by atoms with Crippen LogP contribution >= 0.6 is 0 Å². The number of hydrogen-bond donors (Lipinski definition) is 2. The van der Waals surface area contributed by atoms with Gasteiger partial charge in [-0.2, -0.15) is 0 Å². The predicted molar refractivity (Wildman–Crippen MR) is 107 cm³/mol. The van der Waals surface area contributed by atoms with Crippen LogP contribution in [0.2, 0.25) is 0 Å². The number of amides is 1. The lowest BCUT2D eigenvalue weighted by Gasteiger charge is -2.26. The normalized spacial score (nSPS) is 23.5. The Bertz CT molecular complexity index is 737. The molecule has 28 heavy (non-hydrogen) atoms. The van der Waals surface area contributed by atoms with E-state index in [1.54, 1.807) is 12.3 Å². The lowest BCUT2D eigenvalue weighted by atomic mass is 9.88. The molecule has 2 aliphatic carbocycles. The highest BCUT2D eigenvalue weighted by Gasteiger charge is 2.24. The summed E-state index contributed by atoms with van der Waals surface area (Å²) in [6, 6.07) is 3.58. The van der Waals surface area contributed by atoms with Crippen molar-refractivity contribution in [1.82, 2.24) is 15.0 Å². The Balaban J connectivity index is 1.40. The molecule has 1 heterocycles. The van der Waals surface area contributed by atoms with Gasteiger partial charge in [-0.05, 0) is 62.8 Å². The van der Waals surface area contributed by atoms with E-state index in [2.05, 4.69) is 21.9 Å². The largest absolute Gasteiger partial charge is 0.474 e. The zero-order valence-corrected chi connectivity index (χ0v) is 17.3. The second-order valence-corrected chi connectivity index (χ2v) is 9.89. The molecule has 156 valence electrons. The Morgan fingerprint density at radius 2 is 1.86 bits per heavy atom. The average molecular weight is 410 g/mol. The van der Waals surface area contributed by atoms with Gasteiger partial charge in [-0.1, -0.05) is 13.0 Å². The van der Waals surface area contributed by atoms with E-state index in [4.69, 9.17) is 4.74 Å². The first-order chi connectivity index (χ1) is 13.4. The number of hydrogen-bond acceptors (Lipinski definition) is 5. The average Bonchev–Trinajstić information content (AvgIpc) is 3.15. The molecule has 2 fully saturated rings. The van der Waals surface area contributed by atoms with Gasteiger partial charge in [-0.15, -0.1) is 0 Å². The fourth-order valence-electron chi connectivity index (χ4n) is 3.86. The number of nitrogens with zero attached hydrogens (tertiary/aromatic N) is 1. The first-order valence-corrected chi connectivity index (χ1v) is 11.9. The number of aromatic nitrogens is 1. The molecule has 0 unspecified atom stereocenters. The molecule has 0 bridgehead atoms. The summed E-state index contributed by atoms with van der Waals surface area (Å²) in [6.45, 7) is 2.42. The standard InChI is InChI=1S/C20H31N3O4S/c1-15-6-9-17(10-7-15)23-28(25,26)14-19(24)21-12-16-8-11-20(22-13-16)27-18-4-2-3-5-18/h8,11,13,15,17-18,23H,2-7,9-10,12,14H2,1H3,(H,21,24). The number of pyridine rings is 1. The first kappa shape index (κ1) is 21.0. The molecule has 2 aliphatic rings. The second kappa shape index (κ2) is 9.69. The van der Waals surface area contributed by atoms with Gasteiger partial charge in [0.1, 0.15) is 11.9 Å². The van der Waals surface area contributed by atoms with Crippen molar-refractivity contribution in [2.75, 3.05) is 5.75 Å². The molecular weight excluding hydrogens is 378 g/mol. The Morgan fingerprint density at radius 3 is 2.50 bits per heavy atom. The molecule has 0 aliphatic heterocycles. The number of ether oxygens (including phenoxy) is 1. The summed E-state index contributed by atoms with van der Waals surface area (Å²) in [6.07, 6.45) is 10.2. The lowest BCUT2D eigenvalue weighted by Crippen LogP contribution is -2.42. The van der Waals surface area contributed by atoms with E-state index in [-0.39, 0.29) is 18.7 Å². The second-order valence-electron chi connectivity index (χ2n) is 8.14. The maximum Gasteiger partial charge on any atom is 0.236 e. The van der Waals surface area contributed by atoms with E-state index in [9.17, 15) is 13.2 Å². The van der Waals surface area contributed by atoms with Crippen LogP contribution in [-0.4, -0.2) is 37.2 Å². The van der Waals surface area contributed by atoms with Gasteiger partial charge in [0.2, 0.25) is 21.8 Å². The van der Waals surface area contributed by atoms with Crippen molar-refractivity contribution >= 4 is 15.9 Å². The first-order valence-electron chi connectivity index (χ1n) is 10.3. The van der Waals surface area contributed by atoms with E-state index in [0.29, 0.717) is 11.8 Å².